The Labute approximate surface area is 109 Å². The molecule has 4 heteroatoms. The van der Waals surface area contributed by atoms with Gasteiger partial charge in [-0.15, -0.1) is 0 Å². The van der Waals surface area contributed by atoms with Crippen molar-refractivity contribution in [1.29, 1.82) is 0 Å². The smallest absolute Gasteiger partial charge is 0.203 e. The highest BCUT2D eigenvalue weighted by molar-refractivity contribution is 5.53. The lowest BCUT2D eigenvalue weighted by atomic mass is 10.1. The molecule has 1 N–H and O–H groups in total. The molecule has 102 valence electrons. The third kappa shape index (κ3) is 3.81. The Hall–Kier alpha value is -1.42. The van der Waals surface area contributed by atoms with Gasteiger partial charge >= 0.3 is 0 Å². The molecular weight excluding hydrogens is 230 g/mol. The maximum Gasteiger partial charge on any atom is 0.203 e. The number of benzene rings is 1. The molecule has 1 aromatic rings. The molecule has 0 amide bonds. The largest absolute Gasteiger partial charge is 0.493 e. The molecule has 0 aliphatic heterocycles. The predicted molar refractivity (Wildman–Crippen MR) is 72.7 cm³/mol. The fourth-order valence-corrected chi connectivity index (χ4v) is 1.77. The minimum absolute atomic E-state index is 0.636. The van der Waals surface area contributed by atoms with E-state index in [9.17, 15) is 0 Å². The van der Waals surface area contributed by atoms with Crippen molar-refractivity contribution in [2.45, 2.75) is 26.3 Å². The van der Waals surface area contributed by atoms with E-state index in [0.29, 0.717) is 17.2 Å². The molecule has 0 unspecified atom stereocenters. The van der Waals surface area contributed by atoms with Crippen molar-refractivity contribution in [3.8, 4) is 17.2 Å². The lowest BCUT2D eigenvalue weighted by Crippen LogP contribution is -2.14. The van der Waals surface area contributed by atoms with Crippen LogP contribution in [0.25, 0.3) is 0 Å². The maximum absolute atomic E-state index is 5.31. The standard InChI is InChI=1S/C14H23NO3/c1-5-6-7-15-10-11-8-12(16-2)14(18-4)13(9-11)17-3/h8-9,15H,5-7,10H2,1-4H3. The molecule has 0 radical (unpaired) electrons. The zero-order chi connectivity index (χ0) is 13.4. The summed E-state index contributed by atoms with van der Waals surface area (Å²) in [6, 6.07) is 3.95. The van der Waals surface area contributed by atoms with Crippen molar-refractivity contribution in [2.75, 3.05) is 27.9 Å². The van der Waals surface area contributed by atoms with Gasteiger partial charge in [0.05, 0.1) is 21.3 Å². The molecule has 1 aromatic carbocycles. The first-order valence-corrected chi connectivity index (χ1v) is 6.26. The zero-order valence-electron chi connectivity index (χ0n) is 11.7. The van der Waals surface area contributed by atoms with Gasteiger partial charge in [-0.25, -0.2) is 0 Å². The van der Waals surface area contributed by atoms with E-state index in [1.54, 1.807) is 21.3 Å². The first-order valence-electron chi connectivity index (χ1n) is 6.26. The van der Waals surface area contributed by atoms with Crippen LogP contribution in [0.4, 0.5) is 0 Å². The van der Waals surface area contributed by atoms with E-state index in [0.717, 1.165) is 18.7 Å². The first kappa shape index (κ1) is 14.6. The van der Waals surface area contributed by atoms with Crippen LogP contribution in [0, 0.1) is 0 Å². The lowest BCUT2D eigenvalue weighted by Gasteiger charge is -2.14. The van der Waals surface area contributed by atoms with Gasteiger partial charge < -0.3 is 19.5 Å². The van der Waals surface area contributed by atoms with Crippen molar-refractivity contribution in [2.24, 2.45) is 0 Å². The Morgan fingerprint density at radius 2 is 1.61 bits per heavy atom. The SMILES string of the molecule is CCCCNCc1cc(OC)c(OC)c(OC)c1. The number of methoxy groups -OCH3 is 3. The van der Waals surface area contributed by atoms with Crippen LogP contribution in [0.1, 0.15) is 25.3 Å². The minimum atomic E-state index is 0.636. The van der Waals surface area contributed by atoms with Gasteiger partial charge in [0.25, 0.3) is 0 Å². The molecule has 0 spiro atoms. The third-order valence-electron chi connectivity index (χ3n) is 2.76. The highest BCUT2D eigenvalue weighted by Gasteiger charge is 2.12. The van der Waals surface area contributed by atoms with Crippen molar-refractivity contribution in [1.82, 2.24) is 5.32 Å². The van der Waals surface area contributed by atoms with Crippen LogP contribution in [0.3, 0.4) is 0 Å². The van der Waals surface area contributed by atoms with Gasteiger partial charge in [0.15, 0.2) is 11.5 Å². The quantitative estimate of drug-likeness (QED) is 0.723. The zero-order valence-corrected chi connectivity index (χ0v) is 11.7. The minimum Gasteiger partial charge on any atom is -0.493 e. The van der Waals surface area contributed by atoms with Gasteiger partial charge in [0, 0.05) is 6.54 Å². The van der Waals surface area contributed by atoms with E-state index >= 15 is 0 Å². The molecule has 0 bridgehead atoms. The molecular formula is C14H23NO3. The summed E-state index contributed by atoms with van der Waals surface area (Å²) in [5.74, 6) is 2.03. The number of hydrogen-bond donors (Lipinski definition) is 1. The summed E-state index contributed by atoms with van der Waals surface area (Å²) in [6.45, 7) is 4.00. The number of unbranched alkanes of at least 4 members (excludes halogenated alkanes) is 1. The normalized spacial score (nSPS) is 10.2. The van der Waals surface area contributed by atoms with Crippen LogP contribution < -0.4 is 19.5 Å². The average Bonchev–Trinajstić information content (AvgIpc) is 2.42. The van der Waals surface area contributed by atoms with Gasteiger partial charge in [0.1, 0.15) is 0 Å². The second-order valence-corrected chi connectivity index (χ2v) is 4.06. The second kappa shape index (κ2) is 7.82. The topological polar surface area (TPSA) is 39.7 Å². The van der Waals surface area contributed by atoms with Crippen LogP contribution in [-0.2, 0) is 6.54 Å². The molecule has 0 aliphatic carbocycles. The van der Waals surface area contributed by atoms with E-state index < -0.39 is 0 Å². The highest BCUT2D eigenvalue weighted by Crippen LogP contribution is 2.38. The summed E-state index contributed by atoms with van der Waals surface area (Å²) in [5.41, 5.74) is 1.13. The summed E-state index contributed by atoms with van der Waals surface area (Å²) in [4.78, 5) is 0. The fourth-order valence-electron chi connectivity index (χ4n) is 1.77. The van der Waals surface area contributed by atoms with Gasteiger partial charge in [-0.1, -0.05) is 13.3 Å². The second-order valence-electron chi connectivity index (χ2n) is 4.06. The molecule has 0 heterocycles. The Balaban J connectivity index is 2.80. The molecule has 0 aromatic heterocycles. The summed E-state index contributed by atoms with van der Waals surface area (Å²) in [7, 11) is 4.87. The summed E-state index contributed by atoms with van der Waals surface area (Å²) in [6.07, 6.45) is 2.38. The molecule has 0 atom stereocenters. The number of hydrogen-bond acceptors (Lipinski definition) is 4. The maximum atomic E-state index is 5.31. The van der Waals surface area contributed by atoms with Crippen LogP contribution in [0.2, 0.25) is 0 Å². The van der Waals surface area contributed by atoms with Gasteiger partial charge in [-0.2, -0.15) is 0 Å². The Morgan fingerprint density at radius 1 is 1.00 bits per heavy atom. The predicted octanol–water partition coefficient (Wildman–Crippen LogP) is 2.60. The molecule has 0 saturated carbocycles. The van der Waals surface area contributed by atoms with Crippen LogP contribution >= 0.6 is 0 Å². The Bertz CT molecular complexity index is 341. The number of ether oxygens (including phenoxy) is 3. The number of nitrogens with one attached hydrogen (secondary N) is 1. The van der Waals surface area contributed by atoms with E-state index in [1.807, 2.05) is 12.1 Å². The van der Waals surface area contributed by atoms with E-state index in [-0.39, 0.29) is 0 Å². The van der Waals surface area contributed by atoms with E-state index in [1.165, 1.54) is 12.8 Å². The fraction of sp³-hybridized carbons (Fsp3) is 0.571. The first-order chi connectivity index (χ1) is 8.76. The van der Waals surface area contributed by atoms with Crippen molar-refractivity contribution in [3.05, 3.63) is 17.7 Å². The molecule has 0 aliphatic rings. The van der Waals surface area contributed by atoms with Crippen molar-refractivity contribution < 1.29 is 14.2 Å². The highest BCUT2D eigenvalue weighted by atomic mass is 16.5. The van der Waals surface area contributed by atoms with Crippen LogP contribution in [0.5, 0.6) is 17.2 Å². The molecule has 4 nitrogen and oxygen atoms in total. The number of rotatable bonds is 8. The molecule has 1 rings (SSSR count). The van der Waals surface area contributed by atoms with E-state index in [4.69, 9.17) is 14.2 Å². The van der Waals surface area contributed by atoms with Crippen LogP contribution in [-0.4, -0.2) is 27.9 Å². The molecule has 18 heavy (non-hydrogen) atoms. The Morgan fingerprint density at radius 3 is 2.06 bits per heavy atom. The van der Waals surface area contributed by atoms with E-state index in [2.05, 4.69) is 12.2 Å². The summed E-state index contributed by atoms with van der Waals surface area (Å²) in [5, 5.41) is 3.39. The third-order valence-corrected chi connectivity index (χ3v) is 2.76. The molecule has 0 saturated heterocycles. The summed E-state index contributed by atoms with van der Waals surface area (Å²) >= 11 is 0. The van der Waals surface area contributed by atoms with Crippen molar-refractivity contribution >= 4 is 0 Å². The average molecular weight is 253 g/mol. The van der Waals surface area contributed by atoms with Gasteiger partial charge in [0.2, 0.25) is 5.75 Å². The lowest BCUT2D eigenvalue weighted by molar-refractivity contribution is 0.323. The summed E-state index contributed by atoms with van der Waals surface area (Å²) < 4.78 is 15.9. The van der Waals surface area contributed by atoms with Gasteiger partial charge in [-0.05, 0) is 30.7 Å². The van der Waals surface area contributed by atoms with Gasteiger partial charge in [-0.3, -0.25) is 0 Å². The molecule has 0 fully saturated rings. The van der Waals surface area contributed by atoms with Crippen molar-refractivity contribution in [3.63, 3.8) is 0 Å². The van der Waals surface area contributed by atoms with Crippen LogP contribution in [0.15, 0.2) is 12.1 Å². The Kier molecular flexibility index (Phi) is 6.36. The monoisotopic (exact) mass is 253 g/mol.